The van der Waals surface area contributed by atoms with Crippen LogP contribution in [0.1, 0.15) is 0 Å². The van der Waals surface area contributed by atoms with Crippen LogP contribution >= 0.6 is 0 Å². The van der Waals surface area contributed by atoms with Gasteiger partial charge in [0, 0.05) is 0 Å². The minimum Gasteiger partial charge on any atom is -0.390 e. The van der Waals surface area contributed by atoms with Crippen molar-refractivity contribution in [2.75, 3.05) is 15.8 Å². The summed E-state index contributed by atoms with van der Waals surface area (Å²) < 4.78 is 51.0. The monoisotopic (exact) mass is 367 g/mol. The molecule has 8 heteroatoms. The molecule has 0 bridgehead atoms. The Balaban J connectivity index is 2.14. The van der Waals surface area contributed by atoms with E-state index in [-0.39, 0.29) is 4.90 Å². The van der Waals surface area contributed by atoms with E-state index in [1.54, 1.807) is 48.5 Å². The summed E-state index contributed by atoms with van der Waals surface area (Å²) in [6.45, 7) is 0. The van der Waals surface area contributed by atoms with Crippen molar-refractivity contribution < 1.29 is 21.9 Å². The van der Waals surface area contributed by atoms with Crippen LogP contribution in [-0.2, 0) is 19.9 Å². The summed E-state index contributed by atoms with van der Waals surface area (Å²) in [5, 5.41) is 10.2. The van der Waals surface area contributed by atoms with Crippen molar-refractivity contribution in [2.45, 2.75) is 17.0 Å². The van der Waals surface area contributed by atoms with Crippen LogP contribution < -0.4 is 4.31 Å². The Bertz CT molecular complexity index is 911. The average molecular weight is 367 g/mol. The summed E-state index contributed by atoms with van der Waals surface area (Å²) in [7, 11) is -7.51. The predicted octanol–water partition coefficient (Wildman–Crippen LogP) is 1.04. The number of para-hydroxylation sites is 1. The van der Waals surface area contributed by atoms with E-state index >= 15 is 0 Å². The molecule has 2 aromatic rings. The Morgan fingerprint density at radius 1 is 0.917 bits per heavy atom. The van der Waals surface area contributed by atoms with E-state index in [1.807, 2.05) is 0 Å². The third kappa shape index (κ3) is 3.17. The molecule has 6 nitrogen and oxygen atoms in total. The van der Waals surface area contributed by atoms with Gasteiger partial charge in [-0.3, -0.25) is 4.31 Å². The molecule has 1 aliphatic rings. The fourth-order valence-electron chi connectivity index (χ4n) is 2.82. The van der Waals surface area contributed by atoms with E-state index in [0.717, 1.165) is 4.31 Å². The molecule has 1 aliphatic heterocycles. The molecule has 0 spiro atoms. The Labute approximate surface area is 141 Å². The smallest absolute Gasteiger partial charge is 0.264 e. The van der Waals surface area contributed by atoms with Gasteiger partial charge in [0.2, 0.25) is 0 Å². The van der Waals surface area contributed by atoms with E-state index in [2.05, 4.69) is 0 Å². The van der Waals surface area contributed by atoms with Crippen LogP contribution in [0.4, 0.5) is 5.69 Å². The third-order valence-corrected chi connectivity index (χ3v) is 7.47. The maximum atomic E-state index is 13.1. The second kappa shape index (κ2) is 6.19. The Hall–Kier alpha value is -1.90. The van der Waals surface area contributed by atoms with Gasteiger partial charge >= 0.3 is 0 Å². The van der Waals surface area contributed by atoms with Crippen molar-refractivity contribution in [3.8, 4) is 0 Å². The van der Waals surface area contributed by atoms with Crippen molar-refractivity contribution in [1.82, 2.24) is 0 Å². The molecule has 1 saturated heterocycles. The minimum atomic E-state index is -4.01. The standard InChI is InChI=1S/C16H17NO5S2/c18-16-12-23(19,20)11-15(16)17(13-7-3-1-4-8-13)24(21,22)14-9-5-2-6-10-14/h1-10,15-16,18H,11-12H2/t15-,16+/m1/s1. The fraction of sp³-hybridized carbons (Fsp3) is 0.250. The average Bonchev–Trinajstić information content (AvgIpc) is 2.82. The van der Waals surface area contributed by atoms with Crippen LogP contribution in [0.5, 0.6) is 0 Å². The number of sulfone groups is 1. The topological polar surface area (TPSA) is 91.8 Å². The first-order chi connectivity index (χ1) is 11.3. The molecule has 0 amide bonds. The zero-order valence-corrected chi connectivity index (χ0v) is 14.3. The molecule has 24 heavy (non-hydrogen) atoms. The lowest BCUT2D eigenvalue weighted by Gasteiger charge is -2.31. The summed E-state index contributed by atoms with van der Waals surface area (Å²) in [5.41, 5.74) is 0.322. The largest absolute Gasteiger partial charge is 0.390 e. The van der Waals surface area contributed by atoms with E-state index in [1.165, 1.54) is 12.1 Å². The molecule has 2 aromatic carbocycles. The lowest BCUT2D eigenvalue weighted by Crippen LogP contribution is -2.46. The second-order valence-corrected chi connectivity index (χ2v) is 9.63. The van der Waals surface area contributed by atoms with Crippen molar-refractivity contribution in [3.05, 3.63) is 60.7 Å². The van der Waals surface area contributed by atoms with Crippen molar-refractivity contribution in [3.63, 3.8) is 0 Å². The van der Waals surface area contributed by atoms with Gasteiger partial charge in [0.25, 0.3) is 10.0 Å². The molecule has 0 unspecified atom stereocenters. The molecule has 2 atom stereocenters. The molecule has 3 rings (SSSR count). The summed E-state index contributed by atoms with van der Waals surface area (Å²) >= 11 is 0. The van der Waals surface area contributed by atoms with Gasteiger partial charge in [-0.2, -0.15) is 0 Å². The molecule has 0 aromatic heterocycles. The number of anilines is 1. The van der Waals surface area contributed by atoms with Crippen LogP contribution in [-0.4, -0.2) is 45.6 Å². The number of rotatable bonds is 4. The lowest BCUT2D eigenvalue weighted by atomic mass is 10.2. The normalized spacial score (nSPS) is 23.0. The zero-order valence-electron chi connectivity index (χ0n) is 12.7. The van der Waals surface area contributed by atoms with Gasteiger partial charge in [-0.25, -0.2) is 16.8 Å². The summed E-state index contributed by atoms with van der Waals surface area (Å²) in [5.74, 6) is -0.847. The quantitative estimate of drug-likeness (QED) is 0.872. The molecule has 1 fully saturated rings. The van der Waals surface area contributed by atoms with Gasteiger partial charge < -0.3 is 5.11 Å². The fourth-order valence-corrected chi connectivity index (χ4v) is 6.39. The first kappa shape index (κ1) is 16.9. The number of aliphatic hydroxyl groups is 1. The van der Waals surface area contributed by atoms with Crippen LogP contribution in [0.2, 0.25) is 0 Å². The van der Waals surface area contributed by atoms with Gasteiger partial charge in [-0.05, 0) is 24.3 Å². The molecule has 1 heterocycles. The minimum absolute atomic E-state index is 0.0466. The van der Waals surface area contributed by atoms with Gasteiger partial charge in [0.05, 0.1) is 34.2 Å². The van der Waals surface area contributed by atoms with Gasteiger partial charge in [0.1, 0.15) is 0 Å². The molecule has 128 valence electrons. The second-order valence-electron chi connectivity index (χ2n) is 5.66. The molecule has 0 saturated carbocycles. The van der Waals surface area contributed by atoms with Gasteiger partial charge in [-0.15, -0.1) is 0 Å². The summed E-state index contributed by atoms with van der Waals surface area (Å²) in [4.78, 5) is 0.0466. The highest BCUT2D eigenvalue weighted by atomic mass is 32.2. The Morgan fingerprint density at radius 2 is 1.46 bits per heavy atom. The lowest BCUT2D eigenvalue weighted by molar-refractivity contribution is 0.184. The first-order valence-electron chi connectivity index (χ1n) is 7.34. The number of hydrogen-bond acceptors (Lipinski definition) is 5. The Morgan fingerprint density at radius 3 is 1.96 bits per heavy atom. The zero-order chi connectivity index (χ0) is 17.4. The maximum absolute atomic E-state index is 13.1. The molecule has 0 radical (unpaired) electrons. The SMILES string of the molecule is O=S1(=O)C[C@@H](N(c2ccccc2)S(=O)(=O)c2ccccc2)[C@@H](O)C1. The predicted molar refractivity (Wildman–Crippen MR) is 91.0 cm³/mol. The highest BCUT2D eigenvalue weighted by Crippen LogP contribution is 2.30. The van der Waals surface area contributed by atoms with E-state index in [0.29, 0.717) is 5.69 Å². The van der Waals surface area contributed by atoms with E-state index in [4.69, 9.17) is 0 Å². The first-order valence-corrected chi connectivity index (χ1v) is 10.6. The highest BCUT2D eigenvalue weighted by Gasteiger charge is 2.44. The number of benzene rings is 2. The van der Waals surface area contributed by atoms with Crippen molar-refractivity contribution >= 4 is 25.5 Å². The van der Waals surface area contributed by atoms with Crippen LogP contribution in [0.3, 0.4) is 0 Å². The molecular formula is C16H17NO5S2. The number of aliphatic hydroxyl groups excluding tert-OH is 1. The van der Waals surface area contributed by atoms with E-state index in [9.17, 15) is 21.9 Å². The van der Waals surface area contributed by atoms with Gasteiger partial charge in [0.15, 0.2) is 9.84 Å². The van der Waals surface area contributed by atoms with Crippen LogP contribution in [0, 0.1) is 0 Å². The third-order valence-electron chi connectivity index (χ3n) is 3.91. The number of nitrogens with zero attached hydrogens (tertiary/aromatic N) is 1. The number of hydrogen-bond donors (Lipinski definition) is 1. The molecule has 0 aliphatic carbocycles. The summed E-state index contributed by atoms with van der Waals surface area (Å²) in [6, 6.07) is 15.0. The Kier molecular flexibility index (Phi) is 4.37. The van der Waals surface area contributed by atoms with E-state index < -0.39 is 43.5 Å². The summed E-state index contributed by atoms with van der Waals surface area (Å²) in [6.07, 6.45) is -1.27. The number of sulfonamides is 1. The van der Waals surface area contributed by atoms with Gasteiger partial charge in [-0.1, -0.05) is 36.4 Å². The van der Waals surface area contributed by atoms with Crippen molar-refractivity contribution in [2.24, 2.45) is 0 Å². The molecule has 1 N–H and O–H groups in total. The molecular weight excluding hydrogens is 350 g/mol. The maximum Gasteiger partial charge on any atom is 0.264 e. The van der Waals surface area contributed by atoms with Crippen molar-refractivity contribution in [1.29, 1.82) is 0 Å². The highest BCUT2D eigenvalue weighted by molar-refractivity contribution is 7.93. The van der Waals surface area contributed by atoms with Crippen LogP contribution in [0.25, 0.3) is 0 Å². The van der Waals surface area contributed by atoms with Crippen LogP contribution in [0.15, 0.2) is 65.6 Å².